The van der Waals surface area contributed by atoms with Crippen molar-refractivity contribution in [1.82, 2.24) is 0 Å². The van der Waals surface area contributed by atoms with Gasteiger partial charge in [-0.1, -0.05) is 11.6 Å². The number of nitrogens with zero attached hydrogens (tertiary/aromatic N) is 1. The molecule has 6 heteroatoms. The lowest BCUT2D eigenvalue weighted by molar-refractivity contribution is -0.116. The number of anilines is 2. The average Bonchev–Trinajstić information content (AvgIpc) is 2.74. The SMILES string of the molecule is Cc1cc(OCCCC(=O)Nc2ccc(N3CCCCC3)cc2)c(Br)c(C)c1Cl. The summed E-state index contributed by atoms with van der Waals surface area (Å²) in [5.41, 5.74) is 4.01. The van der Waals surface area contributed by atoms with Crippen molar-refractivity contribution >= 4 is 44.8 Å². The summed E-state index contributed by atoms with van der Waals surface area (Å²) >= 11 is 9.78. The van der Waals surface area contributed by atoms with Crippen molar-refractivity contribution in [2.75, 3.05) is 29.9 Å². The first-order valence-electron chi connectivity index (χ1n) is 10.2. The van der Waals surface area contributed by atoms with Gasteiger partial charge in [0.05, 0.1) is 11.1 Å². The Labute approximate surface area is 186 Å². The standard InChI is InChI=1S/C23H28BrClN2O2/c1-16-15-20(22(24)17(2)23(16)25)29-14-6-7-21(28)26-18-8-10-19(11-9-18)27-12-4-3-5-13-27/h8-11,15H,3-7,12-14H2,1-2H3,(H,26,28). The monoisotopic (exact) mass is 478 g/mol. The van der Waals surface area contributed by atoms with Gasteiger partial charge in [-0.25, -0.2) is 0 Å². The van der Waals surface area contributed by atoms with Gasteiger partial charge in [-0.2, -0.15) is 0 Å². The van der Waals surface area contributed by atoms with E-state index in [2.05, 4.69) is 38.3 Å². The lowest BCUT2D eigenvalue weighted by Gasteiger charge is -2.28. The van der Waals surface area contributed by atoms with E-state index in [1.807, 2.05) is 32.0 Å². The highest BCUT2D eigenvalue weighted by Crippen LogP contribution is 2.35. The molecule has 29 heavy (non-hydrogen) atoms. The van der Waals surface area contributed by atoms with E-state index in [0.717, 1.165) is 45.1 Å². The number of nitrogens with one attached hydrogen (secondary N) is 1. The maximum atomic E-state index is 12.2. The molecule has 2 aromatic carbocycles. The molecule has 1 heterocycles. The van der Waals surface area contributed by atoms with Crippen molar-refractivity contribution < 1.29 is 9.53 Å². The molecule has 0 radical (unpaired) electrons. The van der Waals surface area contributed by atoms with Gasteiger partial charge in [0.25, 0.3) is 0 Å². The maximum absolute atomic E-state index is 12.2. The zero-order chi connectivity index (χ0) is 20.8. The van der Waals surface area contributed by atoms with Crippen LogP contribution in [0.4, 0.5) is 11.4 Å². The number of rotatable bonds is 7. The molecular formula is C23H28BrClN2O2. The predicted molar refractivity (Wildman–Crippen MR) is 124 cm³/mol. The van der Waals surface area contributed by atoms with Gasteiger partial charge in [-0.15, -0.1) is 0 Å². The number of halogens is 2. The van der Waals surface area contributed by atoms with Gasteiger partial charge in [0.15, 0.2) is 0 Å². The normalized spacial score (nSPS) is 14.0. The minimum Gasteiger partial charge on any atom is -0.492 e. The molecule has 4 nitrogen and oxygen atoms in total. The van der Waals surface area contributed by atoms with Crippen molar-refractivity contribution in [2.24, 2.45) is 0 Å². The van der Waals surface area contributed by atoms with Crippen molar-refractivity contribution in [2.45, 2.75) is 46.0 Å². The molecule has 1 aliphatic rings. The van der Waals surface area contributed by atoms with Crippen LogP contribution < -0.4 is 15.0 Å². The molecule has 0 saturated carbocycles. The molecule has 1 saturated heterocycles. The van der Waals surface area contributed by atoms with Crippen LogP contribution in [-0.4, -0.2) is 25.6 Å². The van der Waals surface area contributed by atoms with E-state index in [0.29, 0.717) is 19.4 Å². The molecule has 0 aromatic heterocycles. The number of aryl methyl sites for hydroxylation is 1. The molecule has 1 fully saturated rings. The van der Waals surface area contributed by atoms with Crippen LogP contribution in [0.2, 0.25) is 5.02 Å². The lowest BCUT2D eigenvalue weighted by Crippen LogP contribution is -2.29. The third-order valence-electron chi connectivity index (χ3n) is 5.25. The van der Waals surface area contributed by atoms with Crippen LogP contribution in [-0.2, 0) is 4.79 Å². The summed E-state index contributed by atoms with van der Waals surface area (Å²) in [6.45, 7) is 6.62. The minimum absolute atomic E-state index is 0.00172. The number of benzene rings is 2. The first kappa shape index (κ1) is 22.0. The van der Waals surface area contributed by atoms with E-state index in [9.17, 15) is 4.79 Å². The van der Waals surface area contributed by atoms with Crippen LogP contribution in [0.3, 0.4) is 0 Å². The Morgan fingerprint density at radius 1 is 1.17 bits per heavy atom. The van der Waals surface area contributed by atoms with E-state index in [1.54, 1.807) is 0 Å². The third kappa shape index (κ3) is 5.89. The number of carbonyl (C=O) groups excluding carboxylic acids is 1. The van der Waals surface area contributed by atoms with E-state index >= 15 is 0 Å². The molecule has 1 amide bonds. The molecule has 2 aromatic rings. The molecule has 0 unspecified atom stereocenters. The highest BCUT2D eigenvalue weighted by molar-refractivity contribution is 9.10. The highest BCUT2D eigenvalue weighted by Gasteiger charge is 2.12. The summed E-state index contributed by atoms with van der Waals surface area (Å²) < 4.78 is 6.71. The number of carbonyl (C=O) groups is 1. The fourth-order valence-electron chi connectivity index (χ4n) is 3.55. The zero-order valence-electron chi connectivity index (χ0n) is 17.1. The average molecular weight is 480 g/mol. The zero-order valence-corrected chi connectivity index (χ0v) is 19.4. The van der Waals surface area contributed by atoms with E-state index in [1.165, 1.54) is 24.9 Å². The van der Waals surface area contributed by atoms with E-state index in [-0.39, 0.29) is 5.91 Å². The summed E-state index contributed by atoms with van der Waals surface area (Å²) in [6.07, 6.45) is 4.89. The van der Waals surface area contributed by atoms with Gasteiger partial charge >= 0.3 is 0 Å². The molecule has 0 spiro atoms. The molecular weight excluding hydrogens is 452 g/mol. The van der Waals surface area contributed by atoms with Crippen LogP contribution >= 0.6 is 27.5 Å². The number of piperidine rings is 1. The minimum atomic E-state index is 0.00172. The summed E-state index contributed by atoms with van der Waals surface area (Å²) in [5, 5.41) is 3.71. The van der Waals surface area contributed by atoms with Crippen LogP contribution in [0, 0.1) is 13.8 Å². The molecule has 0 bridgehead atoms. The van der Waals surface area contributed by atoms with Gasteiger partial charge in [0.2, 0.25) is 5.91 Å². The van der Waals surface area contributed by atoms with Gasteiger partial charge in [-0.05, 0) is 96.9 Å². The summed E-state index contributed by atoms with van der Waals surface area (Å²) in [6, 6.07) is 10.1. The van der Waals surface area contributed by atoms with Crippen molar-refractivity contribution in [3.05, 3.63) is 51.0 Å². The van der Waals surface area contributed by atoms with Gasteiger partial charge in [-0.3, -0.25) is 4.79 Å². The second-order valence-electron chi connectivity index (χ2n) is 7.54. The molecule has 1 N–H and O–H groups in total. The topological polar surface area (TPSA) is 41.6 Å². The Hall–Kier alpha value is -1.72. The summed E-state index contributed by atoms with van der Waals surface area (Å²) in [7, 11) is 0. The quantitative estimate of drug-likeness (QED) is 0.460. The number of amides is 1. The van der Waals surface area contributed by atoms with Crippen LogP contribution in [0.25, 0.3) is 0 Å². The van der Waals surface area contributed by atoms with Gasteiger partial charge in [0.1, 0.15) is 5.75 Å². The number of hydrogen-bond donors (Lipinski definition) is 1. The summed E-state index contributed by atoms with van der Waals surface area (Å²) in [5.74, 6) is 0.764. The predicted octanol–water partition coefficient (Wildman–Crippen LogP) is 6.51. The van der Waals surface area contributed by atoms with E-state index in [4.69, 9.17) is 16.3 Å². The first-order chi connectivity index (χ1) is 14.0. The van der Waals surface area contributed by atoms with Crippen LogP contribution in [0.5, 0.6) is 5.75 Å². The van der Waals surface area contributed by atoms with Gasteiger partial charge in [0, 0.05) is 35.9 Å². The molecule has 1 aliphatic heterocycles. The molecule has 156 valence electrons. The summed E-state index contributed by atoms with van der Waals surface area (Å²) in [4.78, 5) is 14.6. The first-order valence-corrected chi connectivity index (χ1v) is 11.4. The Kier molecular flexibility index (Phi) is 7.84. The van der Waals surface area contributed by atoms with Crippen LogP contribution in [0.1, 0.15) is 43.2 Å². The largest absolute Gasteiger partial charge is 0.492 e. The third-order valence-corrected chi connectivity index (χ3v) is 6.81. The number of ether oxygens (including phenoxy) is 1. The molecule has 3 rings (SSSR count). The van der Waals surface area contributed by atoms with Crippen molar-refractivity contribution in [3.63, 3.8) is 0 Å². The van der Waals surface area contributed by atoms with Gasteiger partial charge < -0.3 is 15.0 Å². The maximum Gasteiger partial charge on any atom is 0.224 e. The molecule has 0 aliphatic carbocycles. The highest BCUT2D eigenvalue weighted by atomic mass is 79.9. The Morgan fingerprint density at radius 2 is 1.86 bits per heavy atom. The molecule has 0 atom stereocenters. The Bertz CT molecular complexity index is 849. The number of hydrogen-bond acceptors (Lipinski definition) is 3. The Balaban J connectivity index is 1.43. The smallest absolute Gasteiger partial charge is 0.224 e. The fourth-order valence-corrected chi connectivity index (χ4v) is 4.24. The second-order valence-corrected chi connectivity index (χ2v) is 8.71. The van der Waals surface area contributed by atoms with E-state index < -0.39 is 0 Å². The van der Waals surface area contributed by atoms with Crippen LogP contribution in [0.15, 0.2) is 34.8 Å². The second kappa shape index (κ2) is 10.4. The van der Waals surface area contributed by atoms with Crippen molar-refractivity contribution in [3.8, 4) is 5.75 Å². The fraction of sp³-hybridized carbons (Fsp3) is 0.435. The Morgan fingerprint density at radius 3 is 2.55 bits per heavy atom. The lowest BCUT2D eigenvalue weighted by atomic mass is 10.1. The van der Waals surface area contributed by atoms with Crippen molar-refractivity contribution in [1.29, 1.82) is 0 Å².